The molecule has 0 unspecified atom stereocenters. The summed E-state index contributed by atoms with van der Waals surface area (Å²) in [6, 6.07) is 1.68. The summed E-state index contributed by atoms with van der Waals surface area (Å²) in [7, 11) is 0. The molecule has 1 aliphatic heterocycles. The van der Waals surface area contributed by atoms with Crippen LogP contribution in [0.5, 0.6) is 0 Å². The summed E-state index contributed by atoms with van der Waals surface area (Å²) < 4.78 is 1.76. The van der Waals surface area contributed by atoms with Gasteiger partial charge in [0.05, 0.1) is 12.0 Å². The molecule has 26 heavy (non-hydrogen) atoms. The minimum atomic E-state index is 0.0603. The molecule has 0 aromatic carbocycles. The van der Waals surface area contributed by atoms with E-state index in [1.54, 1.807) is 17.0 Å². The van der Waals surface area contributed by atoms with Crippen LogP contribution in [-0.2, 0) is 6.54 Å². The highest BCUT2D eigenvalue weighted by Gasteiger charge is 2.25. The number of aromatic nitrogens is 4. The predicted molar refractivity (Wildman–Crippen MR) is 102 cm³/mol. The Kier molecular flexibility index (Phi) is 4.74. The quantitative estimate of drug-likeness (QED) is 0.827. The smallest absolute Gasteiger partial charge is 0.253 e. The lowest BCUT2D eigenvalue weighted by Gasteiger charge is -2.32. The zero-order valence-electron chi connectivity index (χ0n) is 15.6. The summed E-state index contributed by atoms with van der Waals surface area (Å²) in [5.41, 5.74) is 2.21. The van der Waals surface area contributed by atoms with Crippen molar-refractivity contribution in [3.63, 3.8) is 0 Å². The van der Waals surface area contributed by atoms with Crippen molar-refractivity contribution in [1.82, 2.24) is 19.5 Å². The van der Waals surface area contributed by atoms with E-state index in [9.17, 15) is 4.79 Å². The van der Waals surface area contributed by atoms with Gasteiger partial charge >= 0.3 is 0 Å². The maximum Gasteiger partial charge on any atom is 0.253 e. The highest BCUT2D eigenvalue weighted by molar-refractivity contribution is 5.32. The predicted octanol–water partition coefficient (Wildman–Crippen LogP) is 2.95. The first-order valence-corrected chi connectivity index (χ1v) is 9.73. The van der Waals surface area contributed by atoms with Crippen molar-refractivity contribution in [2.75, 3.05) is 18.0 Å². The Balaban J connectivity index is 1.34. The highest BCUT2D eigenvalue weighted by Crippen LogP contribution is 2.39. The molecule has 6 nitrogen and oxygen atoms in total. The average Bonchev–Trinajstić information content (AvgIpc) is 3.49. The fourth-order valence-corrected chi connectivity index (χ4v) is 3.61. The fourth-order valence-electron chi connectivity index (χ4n) is 3.61. The Morgan fingerprint density at radius 2 is 1.77 bits per heavy atom. The lowest BCUT2D eigenvalue weighted by molar-refractivity contribution is 0.348. The molecule has 2 aromatic heterocycles. The molecule has 0 radical (unpaired) electrons. The largest absolute Gasteiger partial charge is 0.341 e. The Morgan fingerprint density at radius 3 is 2.35 bits per heavy atom. The summed E-state index contributed by atoms with van der Waals surface area (Å²) in [5.74, 6) is 2.32. The number of piperidine rings is 1. The van der Waals surface area contributed by atoms with Crippen LogP contribution in [0.25, 0.3) is 0 Å². The Bertz CT molecular complexity index is 802. The second kappa shape index (κ2) is 7.17. The number of rotatable bonds is 5. The minimum Gasteiger partial charge on any atom is -0.341 e. The van der Waals surface area contributed by atoms with E-state index in [1.807, 2.05) is 12.4 Å². The second-order valence-electron chi connectivity index (χ2n) is 7.98. The monoisotopic (exact) mass is 353 g/mol. The van der Waals surface area contributed by atoms with Crippen LogP contribution in [-0.4, -0.2) is 32.6 Å². The van der Waals surface area contributed by atoms with E-state index in [2.05, 4.69) is 33.7 Å². The number of nitrogens with zero attached hydrogens (tertiary/aromatic N) is 5. The normalized spacial score (nSPS) is 18.5. The van der Waals surface area contributed by atoms with E-state index >= 15 is 0 Å². The van der Waals surface area contributed by atoms with Gasteiger partial charge in [-0.2, -0.15) is 0 Å². The molecular weight excluding hydrogens is 326 g/mol. The van der Waals surface area contributed by atoms with Crippen molar-refractivity contribution < 1.29 is 0 Å². The molecule has 138 valence electrons. The van der Waals surface area contributed by atoms with Crippen molar-refractivity contribution in [3.8, 4) is 0 Å². The van der Waals surface area contributed by atoms with Gasteiger partial charge in [-0.25, -0.2) is 15.0 Å². The highest BCUT2D eigenvalue weighted by atomic mass is 16.1. The molecule has 1 saturated carbocycles. The third-order valence-electron chi connectivity index (χ3n) is 5.55. The van der Waals surface area contributed by atoms with Crippen LogP contribution < -0.4 is 10.5 Å². The lowest BCUT2D eigenvalue weighted by Crippen LogP contribution is -2.37. The number of hydrogen-bond acceptors (Lipinski definition) is 5. The van der Waals surface area contributed by atoms with Gasteiger partial charge < -0.3 is 4.90 Å². The minimum absolute atomic E-state index is 0.0603. The van der Waals surface area contributed by atoms with Gasteiger partial charge in [0.15, 0.2) is 0 Å². The maximum absolute atomic E-state index is 12.3. The first-order valence-electron chi connectivity index (χ1n) is 9.73. The van der Waals surface area contributed by atoms with Gasteiger partial charge in [0, 0.05) is 38.1 Å². The van der Waals surface area contributed by atoms with E-state index in [0.29, 0.717) is 11.8 Å². The molecule has 1 aliphatic carbocycles. The van der Waals surface area contributed by atoms with Gasteiger partial charge in [0.25, 0.3) is 5.56 Å². The van der Waals surface area contributed by atoms with Crippen molar-refractivity contribution in [1.29, 1.82) is 0 Å². The van der Waals surface area contributed by atoms with Crippen molar-refractivity contribution in [3.05, 3.63) is 46.4 Å². The molecule has 3 heterocycles. The van der Waals surface area contributed by atoms with Crippen LogP contribution in [0.2, 0.25) is 0 Å². The summed E-state index contributed by atoms with van der Waals surface area (Å²) in [6.45, 7) is 6.75. The third-order valence-corrected chi connectivity index (χ3v) is 5.55. The van der Waals surface area contributed by atoms with Crippen molar-refractivity contribution >= 4 is 5.95 Å². The third kappa shape index (κ3) is 3.79. The maximum atomic E-state index is 12.3. The first-order chi connectivity index (χ1) is 12.6. The van der Waals surface area contributed by atoms with E-state index in [4.69, 9.17) is 0 Å². The van der Waals surface area contributed by atoms with Crippen LogP contribution >= 0.6 is 0 Å². The lowest BCUT2D eigenvalue weighted by atomic mass is 9.97. The van der Waals surface area contributed by atoms with E-state index in [1.165, 1.54) is 18.4 Å². The summed E-state index contributed by atoms with van der Waals surface area (Å²) in [5, 5.41) is 0. The van der Waals surface area contributed by atoms with Crippen molar-refractivity contribution in [2.45, 2.75) is 57.9 Å². The molecule has 2 fully saturated rings. The van der Waals surface area contributed by atoms with Gasteiger partial charge in [-0.1, -0.05) is 13.8 Å². The molecule has 1 saturated heterocycles. The van der Waals surface area contributed by atoms with Crippen LogP contribution in [0, 0.1) is 5.92 Å². The molecule has 0 amide bonds. The van der Waals surface area contributed by atoms with E-state index < -0.39 is 0 Å². The van der Waals surface area contributed by atoms with Crippen molar-refractivity contribution in [2.24, 2.45) is 5.92 Å². The van der Waals surface area contributed by atoms with Crippen LogP contribution in [0.15, 0.2) is 29.6 Å². The Hall–Kier alpha value is -2.24. The van der Waals surface area contributed by atoms with Gasteiger partial charge in [-0.05, 0) is 49.0 Å². The summed E-state index contributed by atoms with van der Waals surface area (Å²) >= 11 is 0. The molecule has 2 aliphatic rings. The number of anilines is 1. The van der Waals surface area contributed by atoms with Gasteiger partial charge in [0.1, 0.15) is 0 Å². The molecule has 2 aromatic rings. The average molecular weight is 353 g/mol. The first kappa shape index (κ1) is 17.2. The molecule has 4 rings (SSSR count). The summed E-state index contributed by atoms with van der Waals surface area (Å²) in [6.07, 6.45) is 10.4. The summed E-state index contributed by atoms with van der Waals surface area (Å²) in [4.78, 5) is 28.1. The fraction of sp³-hybridized carbons (Fsp3) is 0.600. The topological polar surface area (TPSA) is 63.9 Å². The van der Waals surface area contributed by atoms with Gasteiger partial charge in [-0.3, -0.25) is 9.36 Å². The van der Waals surface area contributed by atoms with E-state index in [0.717, 1.165) is 44.1 Å². The molecule has 0 atom stereocenters. The molecule has 0 N–H and O–H groups in total. The van der Waals surface area contributed by atoms with Gasteiger partial charge in [-0.15, -0.1) is 0 Å². The molecule has 6 heteroatoms. The van der Waals surface area contributed by atoms with Crippen LogP contribution in [0.1, 0.15) is 62.6 Å². The zero-order chi connectivity index (χ0) is 18.1. The number of hydrogen-bond donors (Lipinski definition) is 0. The SMILES string of the molecule is CC(C)c1cc(=O)n(CC2CCN(c3ncc(C4CC4)cn3)CC2)cn1. The van der Waals surface area contributed by atoms with E-state index in [-0.39, 0.29) is 11.5 Å². The second-order valence-corrected chi connectivity index (χ2v) is 7.98. The van der Waals surface area contributed by atoms with Crippen LogP contribution in [0.4, 0.5) is 5.95 Å². The van der Waals surface area contributed by atoms with Gasteiger partial charge in [0.2, 0.25) is 5.95 Å². The standard InChI is InChI=1S/C20H27N5O/c1-14(2)18-9-19(26)25(13-23-18)12-15-5-7-24(8-6-15)20-21-10-17(11-22-20)16-3-4-16/h9-11,13-16H,3-8,12H2,1-2H3. The molecular formula is C20H27N5O. The molecule has 0 spiro atoms. The Labute approximate surface area is 154 Å². The Morgan fingerprint density at radius 1 is 1.08 bits per heavy atom. The molecule has 0 bridgehead atoms. The zero-order valence-corrected chi connectivity index (χ0v) is 15.6. The van der Waals surface area contributed by atoms with Crippen LogP contribution in [0.3, 0.4) is 0 Å².